The van der Waals surface area contributed by atoms with Gasteiger partial charge in [-0.2, -0.15) is 0 Å². The van der Waals surface area contributed by atoms with Crippen molar-refractivity contribution in [2.75, 3.05) is 20.1 Å². The molecule has 0 bridgehead atoms. The molecule has 122 valence electrons. The maximum absolute atomic E-state index is 5.95. The molecule has 1 heterocycles. The molecule has 0 spiro atoms. The topological polar surface area (TPSA) is 24.5 Å². The number of likely N-dealkylation sites (tertiary alicyclic amines) is 1. The molecule has 1 aliphatic rings. The largest absolute Gasteiger partial charge is 0.489 e. The molecule has 0 aromatic heterocycles. The lowest BCUT2D eigenvalue weighted by molar-refractivity contribution is 0.302. The van der Waals surface area contributed by atoms with Crippen LogP contribution in [0.2, 0.25) is 0 Å². The molecule has 0 aliphatic carbocycles. The number of benzene rings is 2. The zero-order valence-corrected chi connectivity index (χ0v) is 14.1. The van der Waals surface area contributed by atoms with E-state index in [1.165, 1.54) is 29.7 Å². The van der Waals surface area contributed by atoms with E-state index in [1.54, 1.807) is 0 Å². The first-order valence-electron chi connectivity index (χ1n) is 8.40. The van der Waals surface area contributed by atoms with E-state index in [0.717, 1.165) is 18.8 Å². The minimum atomic E-state index is 0.620. The molecule has 3 rings (SSSR count). The molecule has 1 N–H and O–H groups in total. The summed E-state index contributed by atoms with van der Waals surface area (Å²) in [5, 5.41) is 3.37. The number of hydrogen-bond acceptors (Lipinski definition) is 3. The Morgan fingerprint density at radius 3 is 2.70 bits per heavy atom. The van der Waals surface area contributed by atoms with Gasteiger partial charge in [-0.25, -0.2) is 0 Å². The van der Waals surface area contributed by atoms with Crippen molar-refractivity contribution >= 4 is 0 Å². The first-order chi connectivity index (χ1) is 11.2. The number of nitrogens with zero attached hydrogens (tertiary/aromatic N) is 1. The van der Waals surface area contributed by atoms with Gasteiger partial charge in [0.05, 0.1) is 0 Å². The van der Waals surface area contributed by atoms with Crippen molar-refractivity contribution in [3.8, 4) is 5.75 Å². The number of hydrogen-bond donors (Lipinski definition) is 1. The van der Waals surface area contributed by atoms with E-state index in [-0.39, 0.29) is 0 Å². The van der Waals surface area contributed by atoms with Crippen LogP contribution in [0.15, 0.2) is 48.5 Å². The molecular weight excluding hydrogens is 284 g/mol. The standard InChI is InChI=1S/C20H26N2O/c1-16-6-8-17(9-7-16)15-23-20-5-3-4-18(12-20)13-22-11-10-19(14-22)21-2/h3-9,12,19,21H,10-11,13-15H2,1-2H3/t19-/m0/s1. The predicted octanol–water partition coefficient (Wildman–Crippen LogP) is 3.37. The van der Waals surface area contributed by atoms with Crippen LogP contribution in [0, 0.1) is 6.92 Å². The molecule has 0 unspecified atom stereocenters. The van der Waals surface area contributed by atoms with E-state index >= 15 is 0 Å². The summed E-state index contributed by atoms with van der Waals surface area (Å²) in [5.41, 5.74) is 3.81. The zero-order valence-electron chi connectivity index (χ0n) is 14.1. The molecule has 3 heteroatoms. The highest BCUT2D eigenvalue weighted by Gasteiger charge is 2.20. The third kappa shape index (κ3) is 4.57. The maximum atomic E-state index is 5.95. The van der Waals surface area contributed by atoms with Crippen molar-refractivity contribution in [3.63, 3.8) is 0 Å². The minimum Gasteiger partial charge on any atom is -0.489 e. The summed E-state index contributed by atoms with van der Waals surface area (Å²) < 4.78 is 5.95. The quantitative estimate of drug-likeness (QED) is 0.885. The van der Waals surface area contributed by atoms with Gasteiger partial charge in [0.15, 0.2) is 0 Å². The van der Waals surface area contributed by atoms with Gasteiger partial charge in [-0.1, -0.05) is 42.0 Å². The van der Waals surface area contributed by atoms with Crippen LogP contribution in [-0.4, -0.2) is 31.1 Å². The number of aryl methyl sites for hydroxylation is 1. The summed E-state index contributed by atoms with van der Waals surface area (Å²) >= 11 is 0. The van der Waals surface area contributed by atoms with Crippen LogP contribution in [0.25, 0.3) is 0 Å². The lowest BCUT2D eigenvalue weighted by atomic mass is 10.1. The van der Waals surface area contributed by atoms with Crippen molar-refractivity contribution < 1.29 is 4.74 Å². The third-order valence-corrected chi connectivity index (χ3v) is 4.51. The van der Waals surface area contributed by atoms with E-state index in [1.807, 2.05) is 13.1 Å². The molecule has 3 nitrogen and oxygen atoms in total. The lowest BCUT2D eigenvalue weighted by Gasteiger charge is -2.16. The second-order valence-electron chi connectivity index (χ2n) is 6.43. The van der Waals surface area contributed by atoms with Crippen LogP contribution < -0.4 is 10.1 Å². The molecule has 2 aromatic carbocycles. The van der Waals surface area contributed by atoms with Crippen molar-refractivity contribution in [3.05, 3.63) is 65.2 Å². The second kappa shape index (κ2) is 7.62. The van der Waals surface area contributed by atoms with E-state index in [9.17, 15) is 0 Å². The lowest BCUT2D eigenvalue weighted by Crippen LogP contribution is -2.29. The Balaban J connectivity index is 1.56. The average Bonchev–Trinajstić information content (AvgIpc) is 3.02. The van der Waals surface area contributed by atoms with Gasteiger partial charge >= 0.3 is 0 Å². The number of nitrogens with one attached hydrogen (secondary N) is 1. The Morgan fingerprint density at radius 1 is 1.13 bits per heavy atom. The average molecular weight is 310 g/mol. The van der Waals surface area contributed by atoms with Gasteiger partial charge < -0.3 is 10.1 Å². The Labute approximate surface area is 139 Å². The number of rotatable bonds is 6. The van der Waals surface area contributed by atoms with Gasteiger partial charge in [0.1, 0.15) is 12.4 Å². The van der Waals surface area contributed by atoms with Gasteiger partial charge in [0.25, 0.3) is 0 Å². The highest BCUT2D eigenvalue weighted by atomic mass is 16.5. The van der Waals surface area contributed by atoms with Gasteiger partial charge in [-0.05, 0) is 43.7 Å². The molecule has 1 aliphatic heterocycles. The van der Waals surface area contributed by atoms with Gasteiger partial charge in [0, 0.05) is 25.7 Å². The molecule has 2 aromatic rings. The Kier molecular flexibility index (Phi) is 5.31. The molecule has 0 amide bonds. The van der Waals surface area contributed by atoms with Crippen LogP contribution in [-0.2, 0) is 13.2 Å². The van der Waals surface area contributed by atoms with Gasteiger partial charge in [-0.15, -0.1) is 0 Å². The fourth-order valence-electron chi connectivity index (χ4n) is 3.05. The van der Waals surface area contributed by atoms with Crippen molar-refractivity contribution in [2.24, 2.45) is 0 Å². The van der Waals surface area contributed by atoms with E-state index in [2.05, 4.69) is 59.6 Å². The third-order valence-electron chi connectivity index (χ3n) is 4.51. The van der Waals surface area contributed by atoms with Crippen LogP contribution in [0.4, 0.5) is 0 Å². The normalized spacial score (nSPS) is 18.3. The highest BCUT2D eigenvalue weighted by molar-refractivity contribution is 5.29. The second-order valence-corrected chi connectivity index (χ2v) is 6.43. The first-order valence-corrected chi connectivity index (χ1v) is 8.40. The van der Waals surface area contributed by atoms with Crippen LogP contribution in [0.5, 0.6) is 5.75 Å². The van der Waals surface area contributed by atoms with Crippen molar-refractivity contribution in [1.29, 1.82) is 0 Å². The maximum Gasteiger partial charge on any atom is 0.120 e. The summed E-state index contributed by atoms with van der Waals surface area (Å²) in [5.74, 6) is 0.951. The Morgan fingerprint density at radius 2 is 1.96 bits per heavy atom. The summed E-state index contributed by atoms with van der Waals surface area (Å²) in [6.45, 7) is 6.02. The Hall–Kier alpha value is -1.84. The fraction of sp³-hybridized carbons (Fsp3) is 0.400. The monoisotopic (exact) mass is 310 g/mol. The Bertz CT molecular complexity index is 624. The molecule has 1 saturated heterocycles. The number of ether oxygens (including phenoxy) is 1. The van der Waals surface area contributed by atoms with E-state index < -0.39 is 0 Å². The van der Waals surface area contributed by atoms with Crippen molar-refractivity contribution in [2.45, 2.75) is 32.5 Å². The summed E-state index contributed by atoms with van der Waals surface area (Å²) in [4.78, 5) is 2.50. The molecule has 0 saturated carbocycles. The SMILES string of the molecule is CN[C@H]1CCN(Cc2cccc(OCc3ccc(C)cc3)c2)C1. The molecular formula is C20H26N2O. The zero-order chi connectivity index (χ0) is 16.1. The van der Waals surface area contributed by atoms with Gasteiger partial charge in [0.2, 0.25) is 0 Å². The molecule has 23 heavy (non-hydrogen) atoms. The highest BCUT2D eigenvalue weighted by Crippen LogP contribution is 2.19. The minimum absolute atomic E-state index is 0.620. The fourth-order valence-corrected chi connectivity index (χ4v) is 3.05. The molecule has 0 radical (unpaired) electrons. The summed E-state index contributed by atoms with van der Waals surface area (Å²) in [6.07, 6.45) is 1.24. The summed E-state index contributed by atoms with van der Waals surface area (Å²) in [7, 11) is 2.05. The van der Waals surface area contributed by atoms with Crippen LogP contribution in [0.3, 0.4) is 0 Å². The van der Waals surface area contributed by atoms with Gasteiger partial charge in [-0.3, -0.25) is 4.90 Å². The molecule has 1 fully saturated rings. The van der Waals surface area contributed by atoms with Crippen LogP contribution >= 0.6 is 0 Å². The predicted molar refractivity (Wildman–Crippen MR) is 94.7 cm³/mol. The summed E-state index contributed by atoms with van der Waals surface area (Å²) in [6, 6.07) is 17.6. The smallest absolute Gasteiger partial charge is 0.120 e. The molecule has 1 atom stereocenters. The number of likely N-dealkylation sites (N-methyl/N-ethyl adjacent to an activating group) is 1. The van der Waals surface area contributed by atoms with E-state index in [0.29, 0.717) is 12.6 Å². The van der Waals surface area contributed by atoms with E-state index in [4.69, 9.17) is 4.74 Å². The van der Waals surface area contributed by atoms with Crippen molar-refractivity contribution in [1.82, 2.24) is 10.2 Å². The van der Waals surface area contributed by atoms with Crippen LogP contribution in [0.1, 0.15) is 23.1 Å². The first kappa shape index (κ1) is 16.0.